The zero-order valence-electron chi connectivity index (χ0n) is 13.4. The van der Waals surface area contributed by atoms with E-state index < -0.39 is 15.7 Å². The zero-order valence-corrected chi connectivity index (χ0v) is 14.2. The molecule has 0 radical (unpaired) electrons. The molecule has 0 unspecified atom stereocenters. The number of benzene rings is 1. The normalized spacial score (nSPS) is 11.3. The van der Waals surface area contributed by atoms with Crippen LogP contribution in [0.4, 0.5) is 6.01 Å². The van der Waals surface area contributed by atoms with Gasteiger partial charge < -0.3 is 4.42 Å². The van der Waals surface area contributed by atoms with Gasteiger partial charge in [0.2, 0.25) is 0 Å². The van der Waals surface area contributed by atoms with Gasteiger partial charge in [-0.15, -0.1) is 5.10 Å². The van der Waals surface area contributed by atoms with Crippen molar-refractivity contribution in [3.8, 4) is 11.6 Å². The topological polar surface area (TPSA) is 115 Å². The number of carbonyl (C=O) groups excluding carboxylic acids is 1. The number of rotatable bonds is 4. The van der Waals surface area contributed by atoms with Gasteiger partial charge in [0.1, 0.15) is 5.69 Å². The fraction of sp³-hybridized carbons (Fsp3) is 0.125. The van der Waals surface area contributed by atoms with E-state index >= 15 is 0 Å². The van der Waals surface area contributed by atoms with Crippen molar-refractivity contribution in [2.75, 3.05) is 11.6 Å². The molecule has 3 rings (SSSR count). The number of amides is 1. The van der Waals surface area contributed by atoms with E-state index in [1.807, 2.05) is 13.0 Å². The molecule has 8 nitrogen and oxygen atoms in total. The molecular formula is C16H14N4O4S. The van der Waals surface area contributed by atoms with Crippen molar-refractivity contribution in [1.29, 1.82) is 0 Å². The molecule has 0 saturated heterocycles. The van der Waals surface area contributed by atoms with E-state index in [9.17, 15) is 13.2 Å². The van der Waals surface area contributed by atoms with Gasteiger partial charge in [-0.3, -0.25) is 10.1 Å². The number of carbonyl (C=O) groups is 1. The predicted molar refractivity (Wildman–Crippen MR) is 89.8 cm³/mol. The van der Waals surface area contributed by atoms with Gasteiger partial charge in [-0.05, 0) is 37.3 Å². The second-order valence-corrected chi connectivity index (χ2v) is 7.35. The second kappa shape index (κ2) is 6.44. The van der Waals surface area contributed by atoms with Crippen molar-refractivity contribution in [3.63, 3.8) is 0 Å². The lowest BCUT2D eigenvalue weighted by atomic mass is 10.2. The number of hydrogen-bond donors (Lipinski definition) is 1. The van der Waals surface area contributed by atoms with Gasteiger partial charge in [0.15, 0.2) is 9.84 Å². The van der Waals surface area contributed by atoms with Crippen LogP contribution in [-0.4, -0.2) is 35.8 Å². The maximum absolute atomic E-state index is 12.2. The largest absolute Gasteiger partial charge is 0.401 e. The molecule has 1 amide bonds. The number of aryl methyl sites for hydroxylation is 1. The third-order valence-corrected chi connectivity index (χ3v) is 4.39. The van der Waals surface area contributed by atoms with Crippen LogP contribution in [0.25, 0.3) is 11.6 Å². The first-order valence-electron chi connectivity index (χ1n) is 7.22. The Kier molecular flexibility index (Phi) is 4.32. The fourth-order valence-electron chi connectivity index (χ4n) is 2.08. The Bertz CT molecular complexity index is 1040. The van der Waals surface area contributed by atoms with Crippen molar-refractivity contribution in [1.82, 2.24) is 15.2 Å². The molecular weight excluding hydrogens is 344 g/mol. The van der Waals surface area contributed by atoms with Gasteiger partial charge in [-0.25, -0.2) is 13.4 Å². The Morgan fingerprint density at radius 3 is 2.60 bits per heavy atom. The van der Waals surface area contributed by atoms with Crippen LogP contribution in [0.1, 0.15) is 16.1 Å². The van der Waals surface area contributed by atoms with Crippen molar-refractivity contribution < 1.29 is 17.6 Å². The zero-order chi connectivity index (χ0) is 18.0. The summed E-state index contributed by atoms with van der Waals surface area (Å²) in [6.45, 7) is 1.83. The average molecular weight is 358 g/mol. The SMILES string of the molecule is Cc1cccc(-c2nnc(NC(=O)c3cccc(S(C)(=O)=O)c3)o2)n1. The average Bonchev–Trinajstić information content (AvgIpc) is 3.03. The summed E-state index contributed by atoms with van der Waals surface area (Å²) in [6, 6.07) is 10.9. The lowest BCUT2D eigenvalue weighted by Gasteiger charge is -2.03. The first-order valence-corrected chi connectivity index (χ1v) is 9.11. The van der Waals surface area contributed by atoms with Crippen molar-refractivity contribution in [2.45, 2.75) is 11.8 Å². The number of nitrogens with zero attached hydrogens (tertiary/aromatic N) is 3. The first-order chi connectivity index (χ1) is 11.8. The van der Waals surface area contributed by atoms with Crippen LogP contribution in [0.15, 0.2) is 51.8 Å². The molecule has 0 spiro atoms. The van der Waals surface area contributed by atoms with E-state index in [0.717, 1.165) is 11.9 Å². The molecule has 0 saturated carbocycles. The third-order valence-electron chi connectivity index (χ3n) is 3.28. The maximum Gasteiger partial charge on any atom is 0.322 e. The van der Waals surface area contributed by atoms with E-state index in [1.54, 1.807) is 12.1 Å². The summed E-state index contributed by atoms with van der Waals surface area (Å²) in [6.07, 6.45) is 1.07. The van der Waals surface area contributed by atoms with Crippen LogP contribution in [-0.2, 0) is 9.84 Å². The summed E-state index contributed by atoms with van der Waals surface area (Å²) in [7, 11) is -3.41. The van der Waals surface area contributed by atoms with E-state index in [1.165, 1.54) is 24.3 Å². The number of sulfone groups is 1. The molecule has 0 aliphatic heterocycles. The van der Waals surface area contributed by atoms with Crippen LogP contribution in [0, 0.1) is 6.92 Å². The molecule has 3 aromatic rings. The summed E-state index contributed by atoms with van der Waals surface area (Å²) in [4.78, 5) is 16.6. The second-order valence-electron chi connectivity index (χ2n) is 5.33. The predicted octanol–water partition coefficient (Wildman–Crippen LogP) is 2.10. The third kappa shape index (κ3) is 3.89. The van der Waals surface area contributed by atoms with Crippen LogP contribution in [0.2, 0.25) is 0 Å². The minimum atomic E-state index is -3.41. The van der Waals surface area contributed by atoms with E-state index in [0.29, 0.717) is 5.69 Å². The first kappa shape index (κ1) is 16.8. The molecule has 1 N–H and O–H groups in total. The molecule has 1 aromatic carbocycles. The summed E-state index contributed by atoms with van der Waals surface area (Å²) in [5.41, 5.74) is 1.45. The lowest BCUT2D eigenvalue weighted by Crippen LogP contribution is -2.13. The lowest BCUT2D eigenvalue weighted by molar-refractivity contribution is 0.102. The van der Waals surface area contributed by atoms with Crippen LogP contribution < -0.4 is 5.32 Å². The van der Waals surface area contributed by atoms with Crippen molar-refractivity contribution in [3.05, 3.63) is 53.7 Å². The van der Waals surface area contributed by atoms with Gasteiger partial charge in [-0.2, -0.15) is 0 Å². The number of aromatic nitrogens is 3. The maximum atomic E-state index is 12.2. The number of nitrogens with one attached hydrogen (secondary N) is 1. The van der Waals surface area contributed by atoms with Crippen LogP contribution in [0.5, 0.6) is 0 Å². The smallest absolute Gasteiger partial charge is 0.322 e. The minimum absolute atomic E-state index is 0.0512. The summed E-state index contributed by atoms with van der Waals surface area (Å²) in [5, 5.41) is 10.0. The van der Waals surface area contributed by atoms with Crippen LogP contribution >= 0.6 is 0 Å². The van der Waals surface area contributed by atoms with E-state index in [4.69, 9.17) is 4.42 Å². The van der Waals surface area contributed by atoms with E-state index in [2.05, 4.69) is 20.5 Å². The highest BCUT2D eigenvalue weighted by Gasteiger charge is 2.15. The number of anilines is 1. The molecule has 0 bridgehead atoms. The molecule has 2 aromatic heterocycles. The highest BCUT2D eigenvalue weighted by molar-refractivity contribution is 7.90. The Hall–Kier alpha value is -3.07. The Labute approximate surface area is 143 Å². The number of hydrogen-bond acceptors (Lipinski definition) is 7. The molecule has 25 heavy (non-hydrogen) atoms. The Morgan fingerprint density at radius 2 is 1.88 bits per heavy atom. The molecule has 0 fully saturated rings. The monoisotopic (exact) mass is 358 g/mol. The van der Waals surface area contributed by atoms with Gasteiger partial charge in [0, 0.05) is 17.5 Å². The van der Waals surface area contributed by atoms with Crippen molar-refractivity contribution in [2.24, 2.45) is 0 Å². The Morgan fingerprint density at radius 1 is 1.12 bits per heavy atom. The quantitative estimate of drug-likeness (QED) is 0.759. The highest BCUT2D eigenvalue weighted by atomic mass is 32.2. The van der Waals surface area contributed by atoms with Crippen molar-refractivity contribution >= 4 is 21.8 Å². The fourth-order valence-corrected chi connectivity index (χ4v) is 2.74. The van der Waals surface area contributed by atoms with Gasteiger partial charge >= 0.3 is 6.01 Å². The summed E-state index contributed by atoms with van der Waals surface area (Å²) < 4.78 is 28.5. The summed E-state index contributed by atoms with van der Waals surface area (Å²) in [5.74, 6) is -0.387. The van der Waals surface area contributed by atoms with Gasteiger partial charge in [0.05, 0.1) is 4.90 Å². The molecule has 0 aliphatic rings. The minimum Gasteiger partial charge on any atom is -0.401 e. The standard InChI is InChI=1S/C16H14N4O4S/c1-10-5-3-8-13(17-10)15-19-20-16(24-15)18-14(21)11-6-4-7-12(9-11)25(2,22)23/h3-9H,1-2H3,(H,18,20,21). The molecule has 9 heteroatoms. The summed E-state index contributed by atoms with van der Waals surface area (Å²) >= 11 is 0. The molecule has 0 atom stereocenters. The van der Waals surface area contributed by atoms with Gasteiger partial charge in [-0.1, -0.05) is 17.2 Å². The van der Waals surface area contributed by atoms with Crippen LogP contribution in [0.3, 0.4) is 0 Å². The molecule has 0 aliphatic carbocycles. The number of pyridine rings is 1. The Balaban J connectivity index is 1.81. The van der Waals surface area contributed by atoms with E-state index in [-0.39, 0.29) is 22.4 Å². The molecule has 2 heterocycles. The highest BCUT2D eigenvalue weighted by Crippen LogP contribution is 2.19. The van der Waals surface area contributed by atoms with Gasteiger partial charge in [0.25, 0.3) is 11.8 Å². The molecule has 128 valence electrons.